The predicted molar refractivity (Wildman–Crippen MR) is 122 cm³/mol. The Morgan fingerprint density at radius 2 is 1.35 bits per heavy atom. The Balaban J connectivity index is 1.92. The number of carbonyl (C=O) groups is 2. The van der Waals surface area contributed by atoms with Gasteiger partial charge in [0.2, 0.25) is 0 Å². The molecule has 0 spiro atoms. The van der Waals surface area contributed by atoms with Crippen LogP contribution in [0.2, 0.25) is 0 Å². The monoisotopic (exact) mass is 440 g/mol. The maximum Gasteiger partial charge on any atom is 0.322 e. The van der Waals surface area contributed by atoms with Gasteiger partial charge in [-0.3, -0.25) is 29.2 Å². The van der Waals surface area contributed by atoms with Crippen LogP contribution in [-0.4, -0.2) is 117 Å². The summed E-state index contributed by atoms with van der Waals surface area (Å²) in [7, 11) is 0. The molecular weight excluding hydrogens is 396 g/mol. The van der Waals surface area contributed by atoms with Crippen molar-refractivity contribution in [1.29, 1.82) is 0 Å². The lowest BCUT2D eigenvalue weighted by atomic mass is 9.99. The molecule has 0 aromatic rings. The molecule has 0 radical (unpaired) electrons. The topological polar surface area (TPSA) is 87.6 Å². The third-order valence-electron chi connectivity index (χ3n) is 7.29. The van der Waals surface area contributed by atoms with Gasteiger partial charge in [0, 0.05) is 69.5 Å². The Morgan fingerprint density at radius 1 is 0.774 bits per heavy atom. The quantitative estimate of drug-likeness (QED) is 0.533. The van der Waals surface area contributed by atoms with Crippen LogP contribution < -0.4 is 0 Å². The van der Waals surface area contributed by atoms with Gasteiger partial charge >= 0.3 is 11.9 Å². The van der Waals surface area contributed by atoms with Crippen molar-refractivity contribution < 1.29 is 19.8 Å². The van der Waals surface area contributed by atoms with Gasteiger partial charge in [0.05, 0.1) is 6.42 Å². The molecule has 0 aliphatic carbocycles. The number of hydrogen-bond donors (Lipinski definition) is 2. The van der Waals surface area contributed by atoms with Crippen molar-refractivity contribution in [3.8, 4) is 0 Å². The number of carboxylic acid groups (broad SMARTS) is 2. The van der Waals surface area contributed by atoms with Crippen molar-refractivity contribution in [2.45, 2.75) is 97.1 Å². The zero-order valence-electron chi connectivity index (χ0n) is 20.3. The van der Waals surface area contributed by atoms with E-state index < -0.39 is 18.0 Å². The second-order valence-corrected chi connectivity index (χ2v) is 10.0. The summed E-state index contributed by atoms with van der Waals surface area (Å²) in [6.07, 6.45) is 2.15. The molecule has 2 heterocycles. The summed E-state index contributed by atoms with van der Waals surface area (Å²) < 4.78 is 0. The number of piperazine rings is 2. The summed E-state index contributed by atoms with van der Waals surface area (Å²) in [6, 6.07) is 0.888. The largest absolute Gasteiger partial charge is 0.481 e. The van der Waals surface area contributed by atoms with Crippen LogP contribution in [0.1, 0.15) is 60.8 Å². The fourth-order valence-corrected chi connectivity index (χ4v) is 5.21. The molecule has 4 atom stereocenters. The van der Waals surface area contributed by atoms with Crippen molar-refractivity contribution in [3.63, 3.8) is 0 Å². The van der Waals surface area contributed by atoms with Gasteiger partial charge < -0.3 is 10.2 Å². The predicted octanol–water partition coefficient (Wildman–Crippen LogP) is 1.89. The van der Waals surface area contributed by atoms with Crippen molar-refractivity contribution in [1.82, 2.24) is 19.6 Å². The van der Waals surface area contributed by atoms with E-state index >= 15 is 0 Å². The lowest BCUT2D eigenvalue weighted by Crippen LogP contribution is -2.60. The molecule has 8 nitrogen and oxygen atoms in total. The van der Waals surface area contributed by atoms with Crippen molar-refractivity contribution >= 4 is 11.9 Å². The summed E-state index contributed by atoms with van der Waals surface area (Å²) in [5, 5.41) is 19.1. The SMILES string of the molecule is CC(C)N1CCN(C(C)CCC(C)N2CCN(C(C)C)C(C(=O)O)C2)C(CC(=O)O)C1. The standard InChI is InChI=1S/C23H44N4O4/c1-16(2)24-9-12-27(20(14-24)13-22(28)29)19(6)8-7-18(5)25-10-11-26(17(3)4)21(15-25)23(30)31/h16-21H,7-15H2,1-6H3,(H,28,29)(H,30,31). The molecule has 2 rings (SSSR count). The van der Waals surface area contributed by atoms with E-state index in [1.54, 1.807) is 0 Å². The maximum atomic E-state index is 11.8. The Labute approximate surface area is 188 Å². The van der Waals surface area contributed by atoms with Crippen LogP contribution in [0.15, 0.2) is 0 Å². The third-order valence-corrected chi connectivity index (χ3v) is 7.29. The van der Waals surface area contributed by atoms with Crippen LogP contribution in [0, 0.1) is 0 Å². The number of carboxylic acids is 2. The number of nitrogens with zero attached hydrogens (tertiary/aromatic N) is 4. The fourth-order valence-electron chi connectivity index (χ4n) is 5.21. The summed E-state index contributed by atoms with van der Waals surface area (Å²) in [5.41, 5.74) is 0. The molecular formula is C23H44N4O4. The Morgan fingerprint density at radius 3 is 1.90 bits per heavy atom. The van der Waals surface area contributed by atoms with Crippen LogP contribution in [0.4, 0.5) is 0 Å². The molecule has 2 N–H and O–H groups in total. The zero-order chi connectivity index (χ0) is 23.3. The van der Waals surface area contributed by atoms with Gasteiger partial charge in [-0.1, -0.05) is 0 Å². The summed E-state index contributed by atoms with van der Waals surface area (Å²) >= 11 is 0. The molecule has 8 heteroatoms. The Hall–Kier alpha value is -1.22. The summed E-state index contributed by atoms with van der Waals surface area (Å²) in [4.78, 5) is 32.4. The highest BCUT2D eigenvalue weighted by Gasteiger charge is 2.36. The first-order valence-corrected chi connectivity index (χ1v) is 11.9. The second kappa shape index (κ2) is 11.6. The minimum atomic E-state index is -0.737. The van der Waals surface area contributed by atoms with E-state index in [-0.39, 0.29) is 18.5 Å². The average Bonchev–Trinajstić information content (AvgIpc) is 2.70. The van der Waals surface area contributed by atoms with Crippen molar-refractivity contribution in [2.75, 3.05) is 39.3 Å². The van der Waals surface area contributed by atoms with Gasteiger partial charge in [-0.25, -0.2) is 0 Å². The van der Waals surface area contributed by atoms with E-state index in [0.717, 1.165) is 45.6 Å². The number of rotatable bonds is 10. The van der Waals surface area contributed by atoms with Gasteiger partial charge in [-0.05, 0) is 54.4 Å². The molecule has 2 fully saturated rings. The van der Waals surface area contributed by atoms with E-state index in [1.807, 2.05) is 0 Å². The molecule has 31 heavy (non-hydrogen) atoms. The molecule has 0 aromatic heterocycles. The highest BCUT2D eigenvalue weighted by atomic mass is 16.4. The molecule has 0 saturated carbocycles. The van der Waals surface area contributed by atoms with Crippen molar-refractivity contribution in [2.24, 2.45) is 0 Å². The lowest BCUT2D eigenvalue weighted by molar-refractivity contribution is -0.147. The molecule has 2 saturated heterocycles. The maximum absolute atomic E-state index is 11.8. The molecule has 0 bridgehead atoms. The van der Waals surface area contributed by atoms with E-state index in [0.29, 0.717) is 24.7 Å². The average molecular weight is 441 g/mol. The van der Waals surface area contributed by atoms with E-state index in [2.05, 4.69) is 61.1 Å². The van der Waals surface area contributed by atoms with Crippen LogP contribution >= 0.6 is 0 Å². The summed E-state index contributed by atoms with van der Waals surface area (Å²) in [5.74, 6) is -1.47. The second-order valence-electron chi connectivity index (χ2n) is 10.0. The smallest absolute Gasteiger partial charge is 0.322 e. The highest BCUT2D eigenvalue weighted by molar-refractivity contribution is 5.74. The number of hydrogen-bond acceptors (Lipinski definition) is 6. The fraction of sp³-hybridized carbons (Fsp3) is 0.913. The van der Waals surface area contributed by atoms with Gasteiger partial charge in [-0.15, -0.1) is 0 Å². The molecule has 2 aliphatic rings. The first kappa shape index (κ1) is 26.0. The first-order chi connectivity index (χ1) is 14.5. The van der Waals surface area contributed by atoms with Gasteiger partial charge in [0.15, 0.2) is 0 Å². The van der Waals surface area contributed by atoms with E-state index in [9.17, 15) is 19.8 Å². The van der Waals surface area contributed by atoms with Gasteiger partial charge in [0.1, 0.15) is 6.04 Å². The zero-order valence-corrected chi connectivity index (χ0v) is 20.3. The van der Waals surface area contributed by atoms with E-state index in [4.69, 9.17) is 0 Å². The number of aliphatic carboxylic acids is 2. The highest BCUT2D eigenvalue weighted by Crippen LogP contribution is 2.23. The third kappa shape index (κ3) is 7.14. The molecule has 180 valence electrons. The molecule has 2 aliphatic heterocycles. The molecule has 4 unspecified atom stereocenters. The first-order valence-electron chi connectivity index (χ1n) is 11.9. The Bertz CT molecular complexity index is 600. The van der Waals surface area contributed by atoms with Crippen LogP contribution in [-0.2, 0) is 9.59 Å². The minimum absolute atomic E-state index is 0.0462. The van der Waals surface area contributed by atoms with E-state index in [1.165, 1.54) is 0 Å². The lowest BCUT2D eigenvalue weighted by Gasteiger charge is -2.46. The Kier molecular flexibility index (Phi) is 9.73. The molecule has 0 amide bonds. The summed E-state index contributed by atoms with van der Waals surface area (Å²) in [6.45, 7) is 17.8. The van der Waals surface area contributed by atoms with Gasteiger partial charge in [-0.2, -0.15) is 0 Å². The van der Waals surface area contributed by atoms with Crippen molar-refractivity contribution in [3.05, 3.63) is 0 Å². The van der Waals surface area contributed by atoms with Crippen LogP contribution in [0.25, 0.3) is 0 Å². The van der Waals surface area contributed by atoms with Gasteiger partial charge in [0.25, 0.3) is 0 Å². The molecule has 0 aromatic carbocycles. The minimum Gasteiger partial charge on any atom is -0.481 e. The van der Waals surface area contributed by atoms with Crippen LogP contribution in [0.3, 0.4) is 0 Å². The normalized spacial score (nSPS) is 27.0. The van der Waals surface area contributed by atoms with Crippen LogP contribution in [0.5, 0.6) is 0 Å².